The third kappa shape index (κ3) is 4.37. The Balaban J connectivity index is 1.39. The molecule has 10 heteroatoms. The first-order valence-corrected chi connectivity index (χ1v) is 11.9. The summed E-state index contributed by atoms with van der Waals surface area (Å²) in [5.41, 5.74) is 5.96. The lowest BCUT2D eigenvalue weighted by molar-refractivity contribution is -0.116. The quantitative estimate of drug-likeness (QED) is 0.297. The van der Waals surface area contributed by atoms with E-state index in [0.29, 0.717) is 34.0 Å². The number of benzene rings is 2. The molecule has 0 radical (unpaired) electrons. The van der Waals surface area contributed by atoms with Crippen molar-refractivity contribution in [2.75, 3.05) is 26.0 Å². The molecule has 0 bridgehead atoms. The molecule has 0 saturated carbocycles. The van der Waals surface area contributed by atoms with Crippen LogP contribution in [0.4, 0.5) is 10.1 Å². The van der Waals surface area contributed by atoms with E-state index in [1.54, 1.807) is 47.8 Å². The van der Waals surface area contributed by atoms with E-state index in [1.165, 1.54) is 6.07 Å². The first kappa shape index (κ1) is 23.4. The van der Waals surface area contributed by atoms with Gasteiger partial charge in [0.25, 0.3) is 0 Å². The van der Waals surface area contributed by atoms with Crippen LogP contribution in [0, 0.1) is 5.82 Å². The molecule has 0 fully saturated rings. The van der Waals surface area contributed by atoms with Crippen molar-refractivity contribution >= 4 is 33.5 Å². The van der Waals surface area contributed by atoms with E-state index >= 15 is 0 Å². The molecule has 0 saturated heterocycles. The predicted molar refractivity (Wildman–Crippen MR) is 145 cm³/mol. The van der Waals surface area contributed by atoms with Crippen LogP contribution >= 0.6 is 0 Å². The monoisotopic (exact) mass is 506 g/mol. The van der Waals surface area contributed by atoms with Crippen molar-refractivity contribution in [1.29, 1.82) is 0 Å². The fourth-order valence-electron chi connectivity index (χ4n) is 4.43. The smallest absolute Gasteiger partial charge is 0.238 e. The Labute approximate surface area is 216 Å². The maximum absolute atomic E-state index is 14.5. The lowest BCUT2D eigenvalue weighted by atomic mass is 10.0. The van der Waals surface area contributed by atoms with E-state index in [2.05, 4.69) is 30.5 Å². The number of rotatable bonds is 6. The topological polar surface area (TPSA) is 115 Å². The molecule has 4 heterocycles. The number of nitrogens with one attached hydrogen (secondary N) is 3. The lowest BCUT2D eigenvalue weighted by Crippen LogP contribution is -2.27. The van der Waals surface area contributed by atoms with Gasteiger partial charge in [0.1, 0.15) is 22.7 Å². The molecular weight excluding hydrogens is 483 g/mol. The van der Waals surface area contributed by atoms with E-state index < -0.39 is 0 Å². The molecule has 3 N–H and O–H groups in total. The Morgan fingerprint density at radius 1 is 1.00 bits per heavy atom. The number of halogens is 1. The Morgan fingerprint density at radius 2 is 1.87 bits per heavy atom. The number of carbonyl (C=O) groups excluding carboxylic acids is 1. The molecule has 0 unspecified atom stereocenters. The molecule has 6 aromatic rings. The number of likely N-dealkylation sites (N-methyl/N-ethyl adjacent to an activating group) is 1. The average molecular weight is 507 g/mol. The number of anilines is 1. The molecule has 0 spiro atoms. The number of amides is 1. The maximum Gasteiger partial charge on any atom is 0.238 e. The highest BCUT2D eigenvalue weighted by atomic mass is 19.1. The summed E-state index contributed by atoms with van der Waals surface area (Å²) in [5.74, 6) is 0.0631. The zero-order chi connectivity index (χ0) is 26.2. The minimum absolute atomic E-state index is 0.115. The average Bonchev–Trinajstić information content (AvgIpc) is 3.52. The number of carbonyl (C=O) groups is 1. The number of pyridine rings is 2. The van der Waals surface area contributed by atoms with Crippen LogP contribution < -0.4 is 5.32 Å². The highest BCUT2D eigenvalue weighted by Gasteiger charge is 2.18. The molecular formula is C28H23FN8O. The van der Waals surface area contributed by atoms with Gasteiger partial charge in [0.15, 0.2) is 5.82 Å². The molecule has 6 rings (SSSR count). The molecule has 1 amide bonds. The summed E-state index contributed by atoms with van der Waals surface area (Å²) in [6.45, 7) is 0.278. The molecule has 9 nitrogen and oxygen atoms in total. The second kappa shape index (κ2) is 9.49. The number of imidazole rings is 1. The van der Waals surface area contributed by atoms with Gasteiger partial charge in [-0.15, -0.1) is 0 Å². The van der Waals surface area contributed by atoms with Gasteiger partial charge in [-0.3, -0.25) is 19.9 Å². The fourth-order valence-corrected chi connectivity index (χ4v) is 4.43. The number of nitrogens with zero attached hydrogens (tertiary/aromatic N) is 5. The van der Waals surface area contributed by atoms with Crippen molar-refractivity contribution < 1.29 is 9.18 Å². The highest BCUT2D eigenvalue weighted by molar-refractivity contribution is 5.98. The minimum atomic E-state index is -0.361. The second-order valence-electron chi connectivity index (χ2n) is 9.20. The van der Waals surface area contributed by atoms with Gasteiger partial charge >= 0.3 is 0 Å². The van der Waals surface area contributed by atoms with Crippen molar-refractivity contribution in [2.24, 2.45) is 0 Å². The van der Waals surface area contributed by atoms with Crippen molar-refractivity contribution in [3.05, 3.63) is 79.0 Å². The minimum Gasteiger partial charge on any atom is -0.336 e. The van der Waals surface area contributed by atoms with E-state index in [0.717, 1.165) is 27.5 Å². The number of hydrogen-bond acceptors (Lipinski definition) is 6. The number of hydrogen-bond donors (Lipinski definition) is 3. The van der Waals surface area contributed by atoms with Crippen LogP contribution in [0.25, 0.3) is 55.8 Å². The van der Waals surface area contributed by atoms with Gasteiger partial charge < -0.3 is 15.2 Å². The Hall–Kier alpha value is -4.96. The molecule has 0 aliphatic rings. The van der Waals surface area contributed by atoms with Gasteiger partial charge in [-0.25, -0.2) is 9.37 Å². The number of fused-ring (bicyclic) bond motifs is 2. The fraction of sp³-hybridized carbons (Fsp3) is 0.107. The molecule has 0 aliphatic heterocycles. The normalized spacial score (nSPS) is 11.5. The number of aromatic nitrogens is 6. The highest BCUT2D eigenvalue weighted by Crippen LogP contribution is 2.33. The van der Waals surface area contributed by atoms with Gasteiger partial charge in [-0.2, -0.15) is 5.10 Å². The van der Waals surface area contributed by atoms with Gasteiger partial charge in [-0.1, -0.05) is 18.2 Å². The zero-order valence-corrected chi connectivity index (χ0v) is 20.7. The number of aromatic amines is 2. The standard InChI is InChI=1S/C28H23FN8O/c1-37(2)15-24(38)32-18-11-17(13-30-14-18)16-7-8-22-20(12-16)26(36-35-22)28-33-23-9-10-31-25(27(23)34-28)19-5-3-4-6-21(19)29/h3-14H,15H2,1-2H3,(H,32,38)(H,33,34)(H,35,36). The van der Waals surface area contributed by atoms with Crippen LogP contribution in [0.1, 0.15) is 0 Å². The summed E-state index contributed by atoms with van der Waals surface area (Å²) in [6, 6.07) is 16.1. The Kier molecular flexibility index (Phi) is 5.85. The van der Waals surface area contributed by atoms with Crippen LogP contribution in [-0.2, 0) is 4.79 Å². The largest absolute Gasteiger partial charge is 0.336 e. The lowest BCUT2D eigenvalue weighted by Gasteiger charge is -2.11. The predicted octanol–water partition coefficient (Wildman–Crippen LogP) is 4.87. The molecule has 0 aliphatic carbocycles. The Bertz CT molecular complexity index is 1810. The molecule has 2 aromatic carbocycles. The maximum atomic E-state index is 14.5. The first-order chi connectivity index (χ1) is 18.5. The molecule has 4 aromatic heterocycles. The molecule has 188 valence electrons. The van der Waals surface area contributed by atoms with Gasteiger partial charge in [0.05, 0.1) is 29.5 Å². The number of H-pyrrole nitrogens is 2. The first-order valence-electron chi connectivity index (χ1n) is 11.9. The van der Waals surface area contributed by atoms with Crippen LogP contribution in [-0.4, -0.2) is 61.6 Å². The van der Waals surface area contributed by atoms with Gasteiger partial charge in [0, 0.05) is 28.9 Å². The van der Waals surface area contributed by atoms with Crippen LogP contribution in [0.2, 0.25) is 0 Å². The summed E-state index contributed by atoms with van der Waals surface area (Å²) >= 11 is 0. The SMILES string of the molecule is CN(C)CC(=O)Nc1cncc(-c2ccc3[nH]nc(-c4nc5c(-c6ccccc6F)nccc5[nH]4)c3c2)c1. The molecule has 38 heavy (non-hydrogen) atoms. The van der Waals surface area contributed by atoms with Gasteiger partial charge in [-0.05, 0) is 56.1 Å². The van der Waals surface area contributed by atoms with Crippen molar-refractivity contribution in [3.63, 3.8) is 0 Å². The third-order valence-electron chi connectivity index (χ3n) is 6.13. The summed E-state index contributed by atoms with van der Waals surface area (Å²) in [6.07, 6.45) is 4.99. The zero-order valence-electron chi connectivity index (χ0n) is 20.7. The van der Waals surface area contributed by atoms with Crippen molar-refractivity contribution in [2.45, 2.75) is 0 Å². The summed E-state index contributed by atoms with van der Waals surface area (Å²) in [5, 5.41) is 11.3. The Morgan fingerprint density at radius 3 is 2.71 bits per heavy atom. The van der Waals surface area contributed by atoms with E-state index in [-0.39, 0.29) is 18.3 Å². The van der Waals surface area contributed by atoms with Crippen LogP contribution in [0.3, 0.4) is 0 Å². The van der Waals surface area contributed by atoms with Gasteiger partial charge in [0.2, 0.25) is 5.91 Å². The second-order valence-corrected chi connectivity index (χ2v) is 9.20. The van der Waals surface area contributed by atoms with E-state index in [9.17, 15) is 9.18 Å². The summed E-state index contributed by atoms with van der Waals surface area (Å²) in [4.78, 5) is 30.8. The van der Waals surface area contributed by atoms with Crippen molar-refractivity contribution in [1.82, 2.24) is 35.0 Å². The molecule has 0 atom stereocenters. The van der Waals surface area contributed by atoms with Crippen LogP contribution in [0.15, 0.2) is 73.2 Å². The van der Waals surface area contributed by atoms with E-state index in [4.69, 9.17) is 4.98 Å². The summed E-state index contributed by atoms with van der Waals surface area (Å²) < 4.78 is 14.5. The van der Waals surface area contributed by atoms with Crippen LogP contribution in [0.5, 0.6) is 0 Å². The van der Waals surface area contributed by atoms with Crippen molar-refractivity contribution in [3.8, 4) is 33.9 Å². The van der Waals surface area contributed by atoms with E-state index in [1.807, 2.05) is 38.4 Å². The third-order valence-corrected chi connectivity index (χ3v) is 6.13. The summed E-state index contributed by atoms with van der Waals surface area (Å²) in [7, 11) is 3.68.